The van der Waals surface area contributed by atoms with Crippen LogP contribution in [0.2, 0.25) is 0 Å². The largest absolute Gasteiger partial charge is 0.345 e. The van der Waals surface area contributed by atoms with Crippen molar-refractivity contribution in [3.63, 3.8) is 0 Å². The predicted octanol–water partition coefficient (Wildman–Crippen LogP) is 13.4. The highest BCUT2D eigenvalue weighted by Gasteiger charge is 2.34. The van der Waals surface area contributed by atoms with Crippen molar-refractivity contribution in [2.75, 3.05) is 23.9 Å². The molecule has 10 nitrogen and oxygen atoms in total. The fourth-order valence-electron chi connectivity index (χ4n) is 7.41. The minimum Gasteiger partial charge on any atom is -0.345 e. The molecule has 11 heteroatoms. The second-order valence-corrected chi connectivity index (χ2v) is 15.0. The number of anilines is 5. The summed E-state index contributed by atoms with van der Waals surface area (Å²) in [6.45, 7) is 8.76. The number of benzene rings is 6. The molecule has 0 spiro atoms. The number of hydrogen-bond acceptors (Lipinski definition) is 7. The van der Waals surface area contributed by atoms with Crippen molar-refractivity contribution in [2.24, 2.45) is 0 Å². The molecule has 296 valence electrons. The van der Waals surface area contributed by atoms with Crippen LogP contribution in [0, 0.1) is 26.8 Å². The number of nitro benzene ring substituents is 2. The van der Waals surface area contributed by atoms with Gasteiger partial charge in [0.2, 0.25) is 17.1 Å². The SMILES string of the molecule is [C-]#[N+]c1c(N(c2ccccc2[N+](=O)[O-])c2ccccc2[N+](=O)[O-])sc(C(=C2C=CC(=[N+](C)c3ccccc3)C=C2)c2ccc(N(C)c3ccccc3)cc2)c1-c1ccccc1. The number of para-hydroxylation sites is 6. The van der Waals surface area contributed by atoms with Gasteiger partial charge in [-0.05, 0) is 65.3 Å². The second-order valence-electron chi connectivity index (χ2n) is 14.0. The first-order valence-electron chi connectivity index (χ1n) is 19.3. The van der Waals surface area contributed by atoms with E-state index in [0.29, 0.717) is 15.4 Å². The van der Waals surface area contributed by atoms with Crippen molar-refractivity contribution in [1.29, 1.82) is 0 Å². The number of hydrogen-bond donors (Lipinski definition) is 0. The summed E-state index contributed by atoms with van der Waals surface area (Å²) in [7, 11) is 4.02. The normalized spacial score (nSPS) is 11.8. The van der Waals surface area contributed by atoms with Crippen LogP contribution in [-0.4, -0.2) is 34.2 Å². The summed E-state index contributed by atoms with van der Waals surface area (Å²) in [5.74, 6) is 0. The van der Waals surface area contributed by atoms with Crippen LogP contribution >= 0.6 is 11.3 Å². The maximum Gasteiger partial charge on any atom is 0.293 e. The molecule has 1 heterocycles. The first kappa shape index (κ1) is 39.6. The number of thiophene rings is 1. The summed E-state index contributed by atoms with van der Waals surface area (Å²) in [5, 5.41) is 25.6. The van der Waals surface area contributed by atoms with Crippen LogP contribution in [0.3, 0.4) is 0 Å². The molecule has 0 saturated heterocycles. The lowest BCUT2D eigenvalue weighted by Gasteiger charge is -2.24. The smallest absolute Gasteiger partial charge is 0.293 e. The van der Waals surface area contributed by atoms with Gasteiger partial charge < -0.3 is 4.90 Å². The number of nitro groups is 2. The summed E-state index contributed by atoms with van der Waals surface area (Å²) in [6, 6.07) is 50.1. The fraction of sp³-hybridized carbons (Fsp3) is 0.0400. The lowest BCUT2D eigenvalue weighted by molar-refractivity contribution is -0.403. The van der Waals surface area contributed by atoms with Crippen molar-refractivity contribution >= 4 is 73.1 Å². The molecule has 0 aliphatic heterocycles. The quantitative estimate of drug-likeness (QED) is 0.0558. The summed E-state index contributed by atoms with van der Waals surface area (Å²) < 4.78 is 2.10. The van der Waals surface area contributed by atoms with Crippen LogP contribution in [0.1, 0.15) is 10.4 Å². The molecule has 0 N–H and O–H groups in total. The third-order valence-corrected chi connectivity index (χ3v) is 11.7. The van der Waals surface area contributed by atoms with Gasteiger partial charge in [-0.1, -0.05) is 103 Å². The van der Waals surface area contributed by atoms with E-state index in [1.54, 1.807) is 36.4 Å². The van der Waals surface area contributed by atoms with Crippen molar-refractivity contribution in [1.82, 2.24) is 0 Å². The Kier molecular flexibility index (Phi) is 11.3. The molecule has 0 atom stereocenters. The van der Waals surface area contributed by atoms with Crippen LogP contribution in [0.5, 0.6) is 0 Å². The van der Waals surface area contributed by atoms with E-state index in [4.69, 9.17) is 6.57 Å². The third-order valence-electron chi connectivity index (χ3n) is 10.5. The molecule has 8 rings (SSSR count). The highest BCUT2D eigenvalue weighted by atomic mass is 32.1. The zero-order valence-corrected chi connectivity index (χ0v) is 33.9. The molecule has 0 amide bonds. The zero-order chi connectivity index (χ0) is 42.5. The van der Waals surface area contributed by atoms with Gasteiger partial charge in [0.1, 0.15) is 23.4 Å². The van der Waals surface area contributed by atoms with Gasteiger partial charge in [-0.2, -0.15) is 4.58 Å². The molecular weight excluding hydrogens is 781 g/mol. The Morgan fingerprint density at radius 1 is 0.623 bits per heavy atom. The summed E-state index contributed by atoms with van der Waals surface area (Å²) >= 11 is 1.27. The van der Waals surface area contributed by atoms with Crippen molar-refractivity contribution in [3.05, 3.63) is 236 Å². The lowest BCUT2D eigenvalue weighted by Crippen LogP contribution is -2.12. The molecule has 7 aromatic rings. The van der Waals surface area contributed by atoms with E-state index in [1.165, 1.54) is 28.4 Å². The number of allylic oxidation sites excluding steroid dienone is 5. The van der Waals surface area contributed by atoms with E-state index >= 15 is 0 Å². The van der Waals surface area contributed by atoms with Crippen LogP contribution in [0.4, 0.5) is 50.5 Å². The van der Waals surface area contributed by atoms with E-state index in [2.05, 4.69) is 62.9 Å². The summed E-state index contributed by atoms with van der Waals surface area (Å²) in [5.41, 5.74) is 7.68. The minimum absolute atomic E-state index is 0.0854. The van der Waals surface area contributed by atoms with Gasteiger partial charge in [-0.25, -0.2) is 4.85 Å². The van der Waals surface area contributed by atoms with Crippen LogP contribution < -0.4 is 9.80 Å². The topological polar surface area (TPSA) is 100 Å². The maximum absolute atomic E-state index is 12.6. The van der Waals surface area contributed by atoms with E-state index in [-0.39, 0.29) is 28.4 Å². The third kappa shape index (κ3) is 7.87. The Morgan fingerprint density at radius 3 is 1.66 bits per heavy atom. The predicted molar refractivity (Wildman–Crippen MR) is 247 cm³/mol. The zero-order valence-electron chi connectivity index (χ0n) is 33.1. The van der Waals surface area contributed by atoms with Crippen LogP contribution in [0.25, 0.3) is 21.5 Å². The molecule has 0 radical (unpaired) electrons. The van der Waals surface area contributed by atoms with Gasteiger partial charge in [-0.3, -0.25) is 25.1 Å². The van der Waals surface area contributed by atoms with E-state index in [1.807, 2.05) is 105 Å². The summed E-state index contributed by atoms with van der Waals surface area (Å²) in [6.07, 6.45) is 8.22. The molecule has 0 bridgehead atoms. The second kappa shape index (κ2) is 17.3. The van der Waals surface area contributed by atoms with Gasteiger partial charge in [0.05, 0.1) is 16.4 Å². The monoisotopic (exact) mass is 817 g/mol. The van der Waals surface area contributed by atoms with Gasteiger partial charge in [-0.15, -0.1) is 11.3 Å². The molecule has 1 aliphatic rings. The Bertz CT molecular complexity index is 2880. The van der Waals surface area contributed by atoms with E-state index in [0.717, 1.165) is 45.0 Å². The Balaban J connectivity index is 1.43. The summed E-state index contributed by atoms with van der Waals surface area (Å²) in [4.78, 5) is 32.7. The Hall–Kier alpha value is -8.20. The molecule has 0 saturated carbocycles. The molecule has 1 aromatic heterocycles. The highest BCUT2D eigenvalue weighted by molar-refractivity contribution is 7.19. The molecule has 6 aromatic carbocycles. The molecule has 0 unspecified atom stereocenters. The average molecular weight is 818 g/mol. The molecule has 61 heavy (non-hydrogen) atoms. The van der Waals surface area contributed by atoms with Gasteiger partial charge in [0.25, 0.3) is 11.4 Å². The highest BCUT2D eigenvalue weighted by Crippen LogP contribution is 2.57. The number of nitrogens with zero attached hydrogens (tertiary/aromatic N) is 6. The molecule has 0 fully saturated rings. The molecule has 1 aliphatic carbocycles. The number of rotatable bonds is 11. The van der Waals surface area contributed by atoms with E-state index in [9.17, 15) is 20.2 Å². The standard InChI is InChI=1S/C50H37N6O4S/c1-51-48-47(35-17-7-4-8-18-35)49(61-50(48)54(42-23-13-15-25-44(42)55(57)58)43-24-14-16-26-45(43)56(59)60)46(36-27-31-40(32-28-36)52(2)38-19-9-5-10-20-38)37-29-33-41(34-30-37)53(3)39-21-11-6-12-22-39/h4-34H,2-3H3/q+1. The fourth-order valence-corrected chi connectivity index (χ4v) is 8.79. The first-order chi connectivity index (χ1) is 29.7. The van der Waals surface area contributed by atoms with Gasteiger partial charge >= 0.3 is 0 Å². The average Bonchev–Trinajstić information content (AvgIpc) is 3.68. The maximum atomic E-state index is 12.6. The van der Waals surface area contributed by atoms with Crippen molar-refractivity contribution < 1.29 is 14.4 Å². The van der Waals surface area contributed by atoms with Gasteiger partial charge in [0, 0.05) is 70.9 Å². The van der Waals surface area contributed by atoms with Crippen LogP contribution in [-0.2, 0) is 0 Å². The van der Waals surface area contributed by atoms with Gasteiger partial charge in [0.15, 0.2) is 0 Å². The van der Waals surface area contributed by atoms with E-state index < -0.39 is 9.85 Å². The first-order valence-corrected chi connectivity index (χ1v) is 20.1. The van der Waals surface area contributed by atoms with Crippen molar-refractivity contribution in [3.8, 4) is 11.1 Å². The Morgan fingerprint density at radius 2 is 1.11 bits per heavy atom. The minimum atomic E-state index is -0.513. The lowest BCUT2D eigenvalue weighted by atomic mass is 9.91. The van der Waals surface area contributed by atoms with Crippen LogP contribution in [0.15, 0.2) is 194 Å². The Labute approximate surface area is 357 Å². The molecular formula is C50H37N6O4S+. The van der Waals surface area contributed by atoms with Crippen molar-refractivity contribution in [2.45, 2.75) is 0 Å².